The van der Waals surface area contributed by atoms with Gasteiger partial charge in [-0.05, 0) is 58.9 Å². The van der Waals surface area contributed by atoms with E-state index in [4.69, 9.17) is 50.6 Å². The smallest absolute Gasteiger partial charge is 0.266 e. The Morgan fingerprint density at radius 1 is 0.757 bits per heavy atom. The molecule has 8 heteroatoms. The molecule has 0 spiro atoms. The molecule has 188 valence electrons. The third kappa shape index (κ3) is 3.61. The van der Waals surface area contributed by atoms with Crippen LogP contribution in [0.5, 0.6) is 0 Å². The van der Waals surface area contributed by atoms with Crippen LogP contribution in [0.4, 0.5) is 0 Å². The van der Waals surface area contributed by atoms with E-state index in [1.54, 1.807) is 24.3 Å². The van der Waals surface area contributed by atoms with Gasteiger partial charge >= 0.3 is 0 Å². The van der Waals surface area contributed by atoms with Crippen molar-refractivity contribution < 1.29 is 12.6 Å². The number of hydrogen-bond donors (Lipinski definition) is 0. The van der Waals surface area contributed by atoms with Crippen LogP contribution in [-0.2, 0) is 19.7 Å². The Kier molecular flexibility index (Phi) is 6.15. The molecule has 0 unspecified atom stereocenters. The van der Waals surface area contributed by atoms with Crippen LogP contribution < -0.4 is 0 Å². The van der Waals surface area contributed by atoms with Gasteiger partial charge in [-0.25, -0.2) is 0 Å². The maximum atomic E-state index is 13.0. The summed E-state index contributed by atoms with van der Waals surface area (Å²) in [6.45, 7) is 1.81. The van der Waals surface area contributed by atoms with Gasteiger partial charge in [0.05, 0.1) is 31.6 Å². The van der Waals surface area contributed by atoms with E-state index < -0.39 is 15.5 Å². The summed E-state index contributed by atoms with van der Waals surface area (Å²) in [4.78, 5) is 0.111. The topological polar surface area (TPSA) is 43.4 Å². The molecule has 0 radical (unpaired) electrons. The molecule has 4 aromatic rings. The van der Waals surface area contributed by atoms with Gasteiger partial charge in [-0.15, -0.1) is 0 Å². The summed E-state index contributed by atoms with van der Waals surface area (Å²) in [6, 6.07) is 22.8. The standard InChI is InChI=1S/C29H20Cl4O3S/c1-16-10-12-17(13-11-16)37(34,35)36-15-14-29-20-8-4-2-6-18(20)22(19-7-3-5-9-21(19)29)23-24(29)26(31)28(33)27(32)25(23)30/h2-13,22H,14-15H2,1H3. The second kappa shape index (κ2) is 9.01. The molecule has 3 aliphatic rings. The minimum atomic E-state index is -3.97. The molecule has 0 heterocycles. The number of halogens is 4. The van der Waals surface area contributed by atoms with Crippen LogP contribution in [-0.4, -0.2) is 15.0 Å². The van der Waals surface area contributed by atoms with Crippen LogP contribution in [0.3, 0.4) is 0 Å². The zero-order chi connectivity index (χ0) is 26.1. The number of aryl methyl sites for hydroxylation is 1. The lowest BCUT2D eigenvalue weighted by atomic mass is 9.52. The molecule has 0 atom stereocenters. The summed E-state index contributed by atoms with van der Waals surface area (Å²) < 4.78 is 31.7. The Balaban J connectivity index is 1.55. The van der Waals surface area contributed by atoms with Crippen LogP contribution in [0, 0.1) is 6.92 Å². The summed E-state index contributed by atoms with van der Waals surface area (Å²) in [5, 5.41) is 1.07. The SMILES string of the molecule is Cc1ccc(S(=O)(=O)OCCC23c4ccccc4C(c4ccccc42)c2c(Cl)c(Cl)c(Cl)c(Cl)c23)cc1. The van der Waals surface area contributed by atoms with E-state index in [1.807, 2.05) is 31.2 Å². The summed E-state index contributed by atoms with van der Waals surface area (Å²) in [5.41, 5.74) is 5.89. The van der Waals surface area contributed by atoms with Crippen molar-refractivity contribution in [2.24, 2.45) is 0 Å². The van der Waals surface area contributed by atoms with Crippen LogP contribution in [0.1, 0.15) is 51.3 Å². The highest BCUT2D eigenvalue weighted by Gasteiger charge is 2.54. The first-order valence-corrected chi connectivity index (χ1v) is 14.6. The van der Waals surface area contributed by atoms with Gasteiger partial charge in [-0.2, -0.15) is 8.42 Å². The van der Waals surface area contributed by atoms with Gasteiger partial charge < -0.3 is 0 Å². The highest BCUT2D eigenvalue weighted by Crippen LogP contribution is 2.64. The van der Waals surface area contributed by atoms with Crippen molar-refractivity contribution in [2.75, 3.05) is 6.61 Å². The predicted octanol–water partition coefficient (Wildman–Crippen LogP) is 8.55. The lowest BCUT2D eigenvalue weighted by Crippen LogP contribution is -2.43. The maximum absolute atomic E-state index is 13.0. The average molecular weight is 590 g/mol. The first-order valence-electron chi connectivity index (χ1n) is 11.7. The fourth-order valence-electron chi connectivity index (χ4n) is 5.98. The summed E-state index contributed by atoms with van der Waals surface area (Å²) in [6.07, 6.45) is 0.292. The Morgan fingerprint density at radius 3 is 1.89 bits per heavy atom. The molecule has 0 saturated heterocycles. The average Bonchev–Trinajstić information content (AvgIpc) is 2.90. The maximum Gasteiger partial charge on any atom is 0.296 e. The summed E-state index contributed by atoms with van der Waals surface area (Å²) >= 11 is 27.0. The van der Waals surface area contributed by atoms with Gasteiger partial charge in [0, 0.05) is 11.3 Å². The summed E-state index contributed by atoms with van der Waals surface area (Å²) in [7, 11) is -3.97. The third-order valence-corrected chi connectivity index (χ3v) is 10.7. The van der Waals surface area contributed by atoms with Crippen molar-refractivity contribution in [2.45, 2.75) is 29.6 Å². The Morgan fingerprint density at radius 2 is 1.30 bits per heavy atom. The van der Waals surface area contributed by atoms with Crippen molar-refractivity contribution in [3.8, 4) is 0 Å². The Bertz CT molecular complexity index is 1630. The zero-order valence-electron chi connectivity index (χ0n) is 19.6. The Labute approximate surface area is 236 Å². The molecule has 3 nitrogen and oxygen atoms in total. The minimum Gasteiger partial charge on any atom is -0.266 e. The monoisotopic (exact) mass is 588 g/mol. The molecule has 4 aromatic carbocycles. The quantitative estimate of drug-likeness (QED) is 0.133. The van der Waals surface area contributed by atoms with Crippen molar-refractivity contribution in [3.05, 3.63) is 132 Å². The number of benzene rings is 4. The largest absolute Gasteiger partial charge is 0.296 e. The predicted molar refractivity (Wildman–Crippen MR) is 149 cm³/mol. The van der Waals surface area contributed by atoms with Crippen LogP contribution in [0.15, 0.2) is 77.7 Å². The number of hydrogen-bond acceptors (Lipinski definition) is 3. The van der Waals surface area contributed by atoms with Gasteiger partial charge in [-0.1, -0.05) is 113 Å². The fourth-order valence-corrected chi connectivity index (χ4v) is 8.02. The van der Waals surface area contributed by atoms with Gasteiger partial charge in [0.15, 0.2) is 0 Å². The van der Waals surface area contributed by atoms with Crippen molar-refractivity contribution >= 4 is 56.5 Å². The van der Waals surface area contributed by atoms with E-state index in [0.717, 1.165) is 38.9 Å². The molecule has 0 fully saturated rings. The van der Waals surface area contributed by atoms with Gasteiger partial charge in [-0.3, -0.25) is 4.18 Å². The minimum absolute atomic E-state index is 0.0861. The molecule has 3 aliphatic carbocycles. The van der Waals surface area contributed by atoms with Crippen molar-refractivity contribution in [1.82, 2.24) is 0 Å². The van der Waals surface area contributed by atoms with E-state index >= 15 is 0 Å². The summed E-state index contributed by atoms with van der Waals surface area (Å²) in [5.74, 6) is -0.179. The molecule has 0 N–H and O–H groups in total. The van der Waals surface area contributed by atoms with Crippen LogP contribution >= 0.6 is 46.4 Å². The van der Waals surface area contributed by atoms with Crippen LogP contribution in [0.2, 0.25) is 20.1 Å². The molecule has 0 aromatic heterocycles. The Hall–Kier alpha value is -2.05. The lowest BCUT2D eigenvalue weighted by Gasteiger charge is -2.51. The zero-order valence-corrected chi connectivity index (χ0v) is 23.4. The van der Waals surface area contributed by atoms with E-state index in [2.05, 4.69) is 24.3 Å². The van der Waals surface area contributed by atoms with Crippen molar-refractivity contribution in [3.63, 3.8) is 0 Å². The second-order valence-electron chi connectivity index (χ2n) is 9.40. The lowest BCUT2D eigenvalue weighted by molar-refractivity contribution is 0.285. The molecule has 7 rings (SSSR count). The fraction of sp³-hybridized carbons (Fsp3) is 0.172. The normalized spacial score (nSPS) is 19.3. The highest BCUT2D eigenvalue weighted by molar-refractivity contribution is 7.86. The molecular formula is C29H20Cl4O3S. The van der Waals surface area contributed by atoms with Gasteiger partial charge in [0.25, 0.3) is 10.1 Å². The van der Waals surface area contributed by atoms with Gasteiger partial charge in [0.1, 0.15) is 0 Å². The molecule has 2 bridgehead atoms. The third-order valence-electron chi connectivity index (χ3n) is 7.51. The first kappa shape index (κ1) is 25.2. The highest BCUT2D eigenvalue weighted by atomic mass is 35.5. The van der Waals surface area contributed by atoms with Crippen LogP contribution in [0.25, 0.3) is 0 Å². The second-order valence-corrected chi connectivity index (χ2v) is 12.5. The van der Waals surface area contributed by atoms with E-state index in [9.17, 15) is 8.42 Å². The van der Waals surface area contributed by atoms with Crippen molar-refractivity contribution in [1.29, 1.82) is 0 Å². The van der Waals surface area contributed by atoms with E-state index in [-0.39, 0.29) is 27.5 Å². The molecule has 37 heavy (non-hydrogen) atoms. The first-order chi connectivity index (χ1) is 17.7. The van der Waals surface area contributed by atoms with Gasteiger partial charge in [0.2, 0.25) is 0 Å². The van der Waals surface area contributed by atoms with E-state index in [0.29, 0.717) is 16.5 Å². The molecule has 0 saturated carbocycles. The number of rotatable bonds is 5. The molecule has 0 amide bonds. The molecule has 0 aliphatic heterocycles. The molecular weight excluding hydrogens is 570 g/mol. The van der Waals surface area contributed by atoms with E-state index in [1.165, 1.54) is 0 Å².